The Hall–Kier alpha value is -3.35. The molecular weight excluding hydrogens is 358 g/mol. The number of aryl methyl sites for hydroxylation is 1. The topological polar surface area (TPSA) is 108 Å². The van der Waals surface area contributed by atoms with Gasteiger partial charge in [0.1, 0.15) is 0 Å². The van der Waals surface area contributed by atoms with Crippen molar-refractivity contribution in [1.29, 1.82) is 0 Å². The normalized spacial score (nSPS) is 11.6. The minimum atomic E-state index is -0.996. The molecule has 0 saturated heterocycles. The van der Waals surface area contributed by atoms with Crippen molar-refractivity contribution in [3.05, 3.63) is 65.2 Å². The third-order valence-electron chi connectivity index (χ3n) is 4.07. The highest BCUT2D eigenvalue weighted by Crippen LogP contribution is 2.21. The monoisotopic (exact) mass is 383 g/mol. The van der Waals surface area contributed by atoms with E-state index in [1.165, 1.54) is 0 Å². The van der Waals surface area contributed by atoms with Crippen molar-refractivity contribution in [2.75, 3.05) is 5.32 Å². The summed E-state index contributed by atoms with van der Waals surface area (Å²) < 4.78 is 0. The largest absolute Gasteiger partial charge is 0.481 e. The first-order valence-electron chi connectivity index (χ1n) is 9.02. The summed E-state index contributed by atoms with van der Waals surface area (Å²) in [5.74, 6) is -1.38. The number of hydrogen-bond donors (Lipinski definition) is 4. The highest BCUT2D eigenvalue weighted by atomic mass is 16.4. The predicted octanol–water partition coefficient (Wildman–Crippen LogP) is 3.47. The van der Waals surface area contributed by atoms with Gasteiger partial charge in [0.2, 0.25) is 0 Å². The van der Waals surface area contributed by atoms with Crippen molar-refractivity contribution < 1.29 is 19.5 Å². The summed E-state index contributed by atoms with van der Waals surface area (Å²) in [5.41, 5.74) is 2.60. The summed E-state index contributed by atoms with van der Waals surface area (Å²) in [5, 5.41) is 17.4. The number of carbonyl (C=O) groups excluding carboxylic acids is 2. The van der Waals surface area contributed by atoms with Crippen LogP contribution in [0, 0.1) is 6.92 Å². The Kier molecular flexibility index (Phi) is 7.14. The van der Waals surface area contributed by atoms with E-state index in [9.17, 15) is 19.5 Å². The van der Waals surface area contributed by atoms with Gasteiger partial charge in [-0.3, -0.25) is 9.59 Å². The van der Waals surface area contributed by atoms with Gasteiger partial charge in [0.15, 0.2) is 0 Å². The van der Waals surface area contributed by atoms with Crippen molar-refractivity contribution >= 4 is 23.6 Å². The number of amides is 3. The van der Waals surface area contributed by atoms with Gasteiger partial charge in [0.25, 0.3) is 5.91 Å². The molecule has 0 bridgehead atoms. The van der Waals surface area contributed by atoms with Crippen LogP contribution in [0.25, 0.3) is 0 Å². The van der Waals surface area contributed by atoms with E-state index in [4.69, 9.17) is 0 Å². The molecule has 0 radical (unpaired) electrons. The molecule has 7 heteroatoms. The Labute approximate surface area is 164 Å². The fourth-order valence-corrected chi connectivity index (χ4v) is 2.77. The van der Waals surface area contributed by atoms with Gasteiger partial charge in [-0.25, -0.2) is 4.79 Å². The van der Waals surface area contributed by atoms with Crippen LogP contribution in [0.3, 0.4) is 0 Å². The fourth-order valence-electron chi connectivity index (χ4n) is 2.77. The molecule has 2 rings (SSSR count). The highest BCUT2D eigenvalue weighted by Gasteiger charge is 2.20. The Bertz CT molecular complexity index is 847. The van der Waals surface area contributed by atoms with Crippen LogP contribution in [0.4, 0.5) is 10.5 Å². The molecule has 0 aliphatic carbocycles. The van der Waals surface area contributed by atoms with E-state index in [2.05, 4.69) is 16.0 Å². The summed E-state index contributed by atoms with van der Waals surface area (Å²) >= 11 is 0. The maximum atomic E-state index is 12.6. The molecule has 28 heavy (non-hydrogen) atoms. The molecule has 2 aromatic carbocycles. The fraction of sp³-hybridized carbons (Fsp3) is 0.286. The summed E-state index contributed by atoms with van der Waals surface area (Å²) in [6.45, 7) is 5.59. The van der Waals surface area contributed by atoms with Crippen LogP contribution in [0.5, 0.6) is 0 Å². The second-order valence-electron chi connectivity index (χ2n) is 6.81. The summed E-state index contributed by atoms with van der Waals surface area (Å²) in [7, 11) is 0. The lowest BCUT2D eigenvalue weighted by Crippen LogP contribution is -2.34. The van der Waals surface area contributed by atoms with Crippen molar-refractivity contribution in [3.63, 3.8) is 0 Å². The number of hydrogen-bond acceptors (Lipinski definition) is 3. The standard InChI is InChI=1S/C21H25N3O4/c1-13(2)22-21(28)23-16-10-8-15(9-11-16)20(27)24-18(12-19(25)26)17-7-5-4-6-14(17)3/h4-11,13,18H,12H2,1-3H3,(H,24,27)(H,25,26)(H2,22,23,28). The number of carboxylic acid groups (broad SMARTS) is 1. The van der Waals surface area contributed by atoms with Crippen LogP contribution in [-0.2, 0) is 4.79 Å². The molecule has 0 fully saturated rings. The highest BCUT2D eigenvalue weighted by molar-refractivity contribution is 5.96. The first-order chi connectivity index (χ1) is 13.3. The van der Waals surface area contributed by atoms with Gasteiger partial charge in [-0.15, -0.1) is 0 Å². The van der Waals surface area contributed by atoms with Gasteiger partial charge in [0, 0.05) is 17.3 Å². The van der Waals surface area contributed by atoms with Crippen molar-refractivity contribution in [2.45, 2.75) is 39.3 Å². The smallest absolute Gasteiger partial charge is 0.319 e. The second-order valence-corrected chi connectivity index (χ2v) is 6.81. The lowest BCUT2D eigenvalue weighted by Gasteiger charge is -2.19. The number of aliphatic carboxylic acids is 1. The van der Waals surface area contributed by atoms with Crippen molar-refractivity contribution in [2.24, 2.45) is 0 Å². The molecule has 0 saturated carbocycles. The van der Waals surface area contributed by atoms with Crippen molar-refractivity contribution in [3.8, 4) is 0 Å². The van der Waals surface area contributed by atoms with Crippen LogP contribution in [0.15, 0.2) is 48.5 Å². The molecule has 1 atom stereocenters. The third-order valence-corrected chi connectivity index (χ3v) is 4.07. The number of carbonyl (C=O) groups is 3. The number of nitrogens with one attached hydrogen (secondary N) is 3. The quantitative estimate of drug-likeness (QED) is 0.587. The maximum Gasteiger partial charge on any atom is 0.319 e. The average molecular weight is 383 g/mol. The molecule has 4 N–H and O–H groups in total. The van der Waals surface area contributed by atoms with E-state index in [-0.39, 0.29) is 24.4 Å². The number of urea groups is 1. The van der Waals surface area contributed by atoms with Crippen LogP contribution in [-0.4, -0.2) is 29.1 Å². The predicted molar refractivity (Wildman–Crippen MR) is 107 cm³/mol. The van der Waals surface area contributed by atoms with Crippen LogP contribution in [0.2, 0.25) is 0 Å². The molecule has 0 heterocycles. The zero-order chi connectivity index (χ0) is 20.7. The average Bonchev–Trinajstić information content (AvgIpc) is 2.61. The number of anilines is 1. The molecule has 7 nitrogen and oxygen atoms in total. The van der Waals surface area contributed by atoms with Crippen LogP contribution < -0.4 is 16.0 Å². The molecule has 0 spiro atoms. The third kappa shape index (κ3) is 6.12. The Morgan fingerprint density at radius 1 is 0.964 bits per heavy atom. The molecular formula is C21H25N3O4. The Morgan fingerprint density at radius 2 is 1.61 bits per heavy atom. The van der Waals surface area contributed by atoms with Gasteiger partial charge in [-0.1, -0.05) is 24.3 Å². The zero-order valence-electron chi connectivity index (χ0n) is 16.2. The molecule has 0 aromatic heterocycles. The lowest BCUT2D eigenvalue weighted by molar-refractivity contribution is -0.137. The minimum Gasteiger partial charge on any atom is -0.481 e. The number of benzene rings is 2. The SMILES string of the molecule is Cc1ccccc1C(CC(=O)O)NC(=O)c1ccc(NC(=O)NC(C)C)cc1. The number of carboxylic acids is 1. The van der Waals surface area contributed by atoms with Crippen LogP contribution in [0.1, 0.15) is 47.8 Å². The van der Waals surface area contributed by atoms with E-state index in [1.807, 2.05) is 45.0 Å². The van der Waals surface area contributed by atoms with Gasteiger partial charge < -0.3 is 21.1 Å². The summed E-state index contributed by atoms with van der Waals surface area (Å²) in [6.07, 6.45) is -0.217. The minimum absolute atomic E-state index is 0.0117. The maximum absolute atomic E-state index is 12.6. The molecule has 2 aromatic rings. The summed E-state index contributed by atoms with van der Waals surface area (Å²) in [4.78, 5) is 35.6. The molecule has 3 amide bonds. The van der Waals surface area contributed by atoms with Crippen LogP contribution >= 0.6 is 0 Å². The Balaban J connectivity index is 2.10. The second kappa shape index (κ2) is 9.55. The molecule has 148 valence electrons. The van der Waals surface area contributed by atoms with Gasteiger partial charge in [0.05, 0.1) is 12.5 Å². The van der Waals surface area contributed by atoms with Gasteiger partial charge >= 0.3 is 12.0 Å². The summed E-state index contributed by atoms with van der Waals surface area (Å²) in [6, 6.07) is 12.8. The lowest BCUT2D eigenvalue weighted by atomic mass is 9.98. The van der Waals surface area contributed by atoms with Gasteiger partial charge in [-0.2, -0.15) is 0 Å². The molecule has 0 aliphatic heterocycles. The number of rotatable bonds is 7. The van der Waals surface area contributed by atoms with E-state index in [1.54, 1.807) is 24.3 Å². The first-order valence-corrected chi connectivity index (χ1v) is 9.02. The van der Waals surface area contributed by atoms with E-state index in [0.29, 0.717) is 11.3 Å². The molecule has 0 aliphatic rings. The molecule has 1 unspecified atom stereocenters. The van der Waals surface area contributed by atoms with Crippen molar-refractivity contribution in [1.82, 2.24) is 10.6 Å². The van der Waals surface area contributed by atoms with E-state index >= 15 is 0 Å². The Morgan fingerprint density at radius 3 is 2.18 bits per heavy atom. The van der Waals surface area contributed by atoms with E-state index in [0.717, 1.165) is 11.1 Å². The van der Waals surface area contributed by atoms with E-state index < -0.39 is 12.0 Å². The van der Waals surface area contributed by atoms with Gasteiger partial charge in [-0.05, 0) is 56.2 Å². The zero-order valence-corrected chi connectivity index (χ0v) is 16.2. The first kappa shape index (κ1) is 21.0.